The van der Waals surface area contributed by atoms with Gasteiger partial charge >= 0.3 is 6.09 Å². The van der Waals surface area contributed by atoms with Crippen LogP contribution < -0.4 is 15.1 Å². The molecule has 0 saturated carbocycles. The van der Waals surface area contributed by atoms with Gasteiger partial charge in [0.05, 0.1) is 25.3 Å². The molecular formula is C22H23FN6O5. The monoisotopic (exact) mass is 470 g/mol. The third-order valence-corrected chi connectivity index (χ3v) is 5.38. The number of cyclic esters (lactones) is 1. The highest BCUT2D eigenvalue weighted by molar-refractivity contribution is 5.90. The maximum absolute atomic E-state index is 14.9. The minimum atomic E-state index is -0.606. The molecule has 0 spiro atoms. The summed E-state index contributed by atoms with van der Waals surface area (Å²) in [4.78, 5) is 42.1. The van der Waals surface area contributed by atoms with E-state index in [1.807, 2.05) is 0 Å². The Bertz CT molecular complexity index is 1130. The molecule has 0 bridgehead atoms. The quantitative estimate of drug-likeness (QED) is 0.643. The van der Waals surface area contributed by atoms with Gasteiger partial charge in [0.2, 0.25) is 5.91 Å². The Labute approximate surface area is 194 Å². The minimum absolute atomic E-state index is 0.188. The Morgan fingerprint density at radius 3 is 2.71 bits per heavy atom. The zero-order chi connectivity index (χ0) is 24.2. The summed E-state index contributed by atoms with van der Waals surface area (Å²) in [7, 11) is 0. The highest BCUT2D eigenvalue weighted by Crippen LogP contribution is 2.29. The molecule has 0 aliphatic carbocycles. The van der Waals surface area contributed by atoms with Crippen LogP contribution in [0.2, 0.25) is 0 Å². The average Bonchev–Trinajstić information content (AvgIpc) is 3.23. The summed E-state index contributed by atoms with van der Waals surface area (Å²) < 4.78 is 20.1. The summed E-state index contributed by atoms with van der Waals surface area (Å²) in [5.74, 6) is -0.659. The van der Waals surface area contributed by atoms with Crippen molar-refractivity contribution in [3.8, 4) is 11.1 Å². The van der Waals surface area contributed by atoms with E-state index in [1.165, 1.54) is 35.4 Å². The number of benzene rings is 1. The lowest BCUT2D eigenvalue weighted by Crippen LogP contribution is -2.41. The number of aliphatic hydroxyl groups is 1. The number of hydrogen-bond donors (Lipinski definition) is 2. The topological polar surface area (TPSA) is 128 Å². The molecule has 2 aliphatic heterocycles. The zero-order valence-electron chi connectivity index (χ0n) is 18.3. The van der Waals surface area contributed by atoms with Crippen molar-refractivity contribution in [3.63, 3.8) is 0 Å². The van der Waals surface area contributed by atoms with Crippen LogP contribution in [0.4, 0.5) is 20.7 Å². The molecule has 4 rings (SSSR count). The van der Waals surface area contributed by atoms with Gasteiger partial charge in [-0.25, -0.2) is 19.2 Å². The van der Waals surface area contributed by atoms with E-state index in [0.29, 0.717) is 35.7 Å². The van der Waals surface area contributed by atoms with Crippen LogP contribution in [0.25, 0.3) is 11.1 Å². The molecule has 3 heterocycles. The summed E-state index contributed by atoms with van der Waals surface area (Å²) >= 11 is 0. The number of ether oxygens (including phenoxy) is 1. The van der Waals surface area contributed by atoms with Crippen molar-refractivity contribution >= 4 is 35.8 Å². The summed E-state index contributed by atoms with van der Waals surface area (Å²) in [6.45, 7) is 1.91. The fourth-order valence-electron chi connectivity index (χ4n) is 3.60. The van der Waals surface area contributed by atoms with Gasteiger partial charge in [0.15, 0.2) is 0 Å². The lowest BCUT2D eigenvalue weighted by atomic mass is 10.1. The summed E-state index contributed by atoms with van der Waals surface area (Å²) in [5, 5.41) is 16.7. The normalized spacial score (nSPS) is 17.7. The zero-order valence-corrected chi connectivity index (χ0v) is 18.3. The maximum Gasteiger partial charge on any atom is 0.414 e. The first-order valence-corrected chi connectivity index (χ1v) is 10.6. The number of aliphatic hydroxyl groups excluding tert-OH is 1. The molecule has 178 valence electrons. The van der Waals surface area contributed by atoms with E-state index in [2.05, 4.69) is 15.4 Å². The highest BCUT2D eigenvalue weighted by atomic mass is 19.1. The standard InChI is InChI=1S/C22H23FN6O5/c1-14(31)24-10-17-11-28(22(33)34-17)16-3-4-18(19(23)8-16)15-2-5-20(25-9-15)27-6-7-29(26-13-27)21(32)12-30/h2-5,8-9,13,17,30H,6-7,10-12H2,1H3,(H,24,31)/t17-/m0/s1. The number of aromatic nitrogens is 1. The van der Waals surface area contributed by atoms with Crippen LogP contribution >= 0.6 is 0 Å². The van der Waals surface area contributed by atoms with Gasteiger partial charge < -0.3 is 20.1 Å². The van der Waals surface area contributed by atoms with Crippen LogP contribution in [0.1, 0.15) is 6.92 Å². The van der Waals surface area contributed by atoms with E-state index < -0.39 is 30.5 Å². The third kappa shape index (κ3) is 4.96. The largest absolute Gasteiger partial charge is 0.442 e. The van der Waals surface area contributed by atoms with Crippen molar-refractivity contribution in [2.75, 3.05) is 42.6 Å². The molecule has 1 saturated heterocycles. The fraction of sp³-hybridized carbons (Fsp3) is 0.318. The summed E-state index contributed by atoms with van der Waals surface area (Å²) in [5.41, 5.74) is 1.22. The smallest absolute Gasteiger partial charge is 0.414 e. The van der Waals surface area contributed by atoms with Crippen molar-refractivity contribution in [2.24, 2.45) is 5.10 Å². The number of nitrogens with zero attached hydrogens (tertiary/aromatic N) is 5. The number of halogens is 1. The molecule has 0 radical (unpaired) electrons. The molecule has 2 N–H and O–H groups in total. The number of hydrogen-bond acceptors (Lipinski definition) is 8. The second kappa shape index (κ2) is 9.83. The predicted octanol–water partition coefficient (Wildman–Crippen LogP) is 0.933. The molecule has 11 nitrogen and oxygen atoms in total. The van der Waals surface area contributed by atoms with Crippen LogP contribution in [0, 0.1) is 5.82 Å². The van der Waals surface area contributed by atoms with Crippen molar-refractivity contribution < 1.29 is 28.6 Å². The number of amides is 3. The fourth-order valence-corrected chi connectivity index (χ4v) is 3.60. The van der Waals surface area contributed by atoms with Gasteiger partial charge in [0.25, 0.3) is 5.91 Å². The van der Waals surface area contributed by atoms with Gasteiger partial charge in [-0.1, -0.05) is 0 Å². The first kappa shape index (κ1) is 23.1. The van der Waals surface area contributed by atoms with Crippen LogP contribution in [0.3, 0.4) is 0 Å². The van der Waals surface area contributed by atoms with E-state index in [9.17, 15) is 18.8 Å². The molecule has 1 atom stereocenters. The second-order valence-electron chi connectivity index (χ2n) is 7.72. The van der Waals surface area contributed by atoms with Gasteiger partial charge in [-0.05, 0) is 30.3 Å². The van der Waals surface area contributed by atoms with Crippen LogP contribution in [0.5, 0.6) is 0 Å². The maximum atomic E-state index is 14.9. The molecular weight excluding hydrogens is 447 g/mol. The van der Waals surface area contributed by atoms with E-state index >= 15 is 0 Å². The second-order valence-corrected chi connectivity index (χ2v) is 7.72. The number of nitrogens with one attached hydrogen (secondary N) is 1. The van der Waals surface area contributed by atoms with Crippen molar-refractivity contribution in [1.29, 1.82) is 0 Å². The molecule has 1 aromatic heterocycles. The minimum Gasteiger partial charge on any atom is -0.442 e. The van der Waals surface area contributed by atoms with E-state index in [1.54, 1.807) is 29.2 Å². The first-order valence-electron chi connectivity index (χ1n) is 10.6. The molecule has 0 unspecified atom stereocenters. The molecule has 1 fully saturated rings. The number of pyridine rings is 1. The summed E-state index contributed by atoms with van der Waals surface area (Å²) in [6.07, 6.45) is 1.86. The number of hydrazone groups is 1. The first-order chi connectivity index (χ1) is 16.4. The van der Waals surface area contributed by atoms with Crippen LogP contribution in [-0.4, -0.2) is 78.2 Å². The van der Waals surface area contributed by atoms with Gasteiger partial charge in [-0.2, -0.15) is 5.10 Å². The molecule has 12 heteroatoms. The van der Waals surface area contributed by atoms with E-state index in [4.69, 9.17) is 9.84 Å². The van der Waals surface area contributed by atoms with Crippen molar-refractivity contribution in [2.45, 2.75) is 13.0 Å². The average molecular weight is 470 g/mol. The summed E-state index contributed by atoms with van der Waals surface area (Å²) in [6, 6.07) is 7.88. The van der Waals surface area contributed by atoms with Crippen LogP contribution in [0.15, 0.2) is 41.6 Å². The van der Waals surface area contributed by atoms with Gasteiger partial charge in [-0.3, -0.25) is 14.5 Å². The van der Waals surface area contributed by atoms with E-state index in [0.717, 1.165) is 0 Å². The van der Waals surface area contributed by atoms with Gasteiger partial charge in [0, 0.05) is 30.8 Å². The lowest BCUT2D eigenvalue weighted by molar-refractivity contribution is -0.134. The van der Waals surface area contributed by atoms with Crippen molar-refractivity contribution in [3.05, 3.63) is 42.3 Å². The molecule has 2 aromatic rings. The molecule has 2 aliphatic rings. The number of carbonyl (C=O) groups excluding carboxylic acids is 3. The number of rotatable bonds is 6. The Balaban J connectivity index is 1.44. The van der Waals surface area contributed by atoms with E-state index in [-0.39, 0.29) is 19.0 Å². The Kier molecular flexibility index (Phi) is 6.68. The van der Waals surface area contributed by atoms with Gasteiger partial charge in [-0.15, -0.1) is 0 Å². The third-order valence-electron chi connectivity index (χ3n) is 5.38. The van der Waals surface area contributed by atoms with Crippen LogP contribution in [-0.2, 0) is 14.3 Å². The number of carbonyl (C=O) groups is 3. The lowest BCUT2D eigenvalue weighted by Gasteiger charge is -2.27. The molecule has 3 amide bonds. The van der Waals surface area contributed by atoms with Gasteiger partial charge in [0.1, 0.15) is 30.7 Å². The Morgan fingerprint density at radius 1 is 1.26 bits per heavy atom. The van der Waals surface area contributed by atoms with Crippen molar-refractivity contribution in [1.82, 2.24) is 15.3 Å². The Hall–Kier alpha value is -4.06. The molecule has 34 heavy (non-hydrogen) atoms. The Morgan fingerprint density at radius 2 is 2.09 bits per heavy atom. The molecule has 1 aromatic carbocycles. The SMILES string of the molecule is CC(=O)NC[C@H]1CN(c2ccc(-c3ccc(N4C=NN(C(=O)CO)CC4)nc3)c(F)c2)C(=O)O1. The number of anilines is 2. The predicted molar refractivity (Wildman–Crippen MR) is 121 cm³/mol. The highest BCUT2D eigenvalue weighted by Gasteiger charge is 2.32.